The molecule has 4 rings (SSSR count). The molecule has 1 aromatic heterocycles. The van der Waals surface area contributed by atoms with E-state index >= 15 is 0 Å². The molecule has 32 heavy (non-hydrogen) atoms. The molecule has 8 heteroatoms. The van der Waals surface area contributed by atoms with Gasteiger partial charge in [0.15, 0.2) is 5.11 Å². The zero-order valence-electron chi connectivity index (χ0n) is 17.8. The van der Waals surface area contributed by atoms with Crippen molar-refractivity contribution < 1.29 is 14.3 Å². The van der Waals surface area contributed by atoms with E-state index in [1.165, 1.54) is 24.5 Å². The summed E-state index contributed by atoms with van der Waals surface area (Å²) in [6.45, 7) is 2.08. The van der Waals surface area contributed by atoms with Crippen LogP contribution in [0.5, 0.6) is 11.5 Å². The van der Waals surface area contributed by atoms with Crippen LogP contribution in [0.2, 0.25) is 0 Å². The van der Waals surface area contributed by atoms with Gasteiger partial charge in [-0.1, -0.05) is 6.07 Å². The summed E-state index contributed by atoms with van der Waals surface area (Å²) in [6, 6.07) is 18.9. The van der Waals surface area contributed by atoms with Gasteiger partial charge in [0, 0.05) is 22.9 Å². The number of thiazole rings is 1. The molecule has 4 aromatic rings. The molecule has 0 aliphatic carbocycles. The Bertz CT molecular complexity index is 1280. The molecule has 2 N–H and O–H groups in total. The highest BCUT2D eigenvalue weighted by atomic mass is 32.1. The average Bonchev–Trinajstić information content (AvgIpc) is 3.22. The van der Waals surface area contributed by atoms with Crippen LogP contribution in [-0.4, -0.2) is 30.2 Å². The number of methoxy groups -OCH3 is 2. The molecule has 0 unspecified atom stereocenters. The molecule has 0 bridgehead atoms. The van der Waals surface area contributed by atoms with E-state index in [-0.39, 0.29) is 11.0 Å². The summed E-state index contributed by atoms with van der Waals surface area (Å²) in [5.41, 5.74) is 4.38. The normalized spacial score (nSPS) is 10.6. The Labute approximate surface area is 195 Å². The first-order valence-corrected chi connectivity index (χ1v) is 11.0. The van der Waals surface area contributed by atoms with Gasteiger partial charge in [0.25, 0.3) is 5.91 Å². The second-order valence-corrected chi connectivity index (χ2v) is 8.52. The number of hydrogen-bond donors (Lipinski definition) is 2. The summed E-state index contributed by atoms with van der Waals surface area (Å²) in [5, 5.41) is 6.86. The Kier molecular flexibility index (Phi) is 6.34. The molecule has 0 saturated carbocycles. The van der Waals surface area contributed by atoms with Gasteiger partial charge in [0.2, 0.25) is 0 Å². The van der Waals surface area contributed by atoms with Gasteiger partial charge < -0.3 is 14.8 Å². The maximum atomic E-state index is 12.6. The summed E-state index contributed by atoms with van der Waals surface area (Å²) >= 11 is 6.96. The summed E-state index contributed by atoms with van der Waals surface area (Å²) < 4.78 is 11.6. The van der Waals surface area contributed by atoms with E-state index in [4.69, 9.17) is 26.7 Å². The lowest BCUT2D eigenvalue weighted by Gasteiger charge is -2.11. The number of aromatic nitrogens is 1. The molecule has 0 aliphatic heterocycles. The zero-order chi connectivity index (χ0) is 22.7. The molecule has 0 spiro atoms. The third-order valence-electron chi connectivity index (χ3n) is 4.77. The Morgan fingerprint density at radius 3 is 2.31 bits per heavy atom. The molecule has 0 atom stereocenters. The summed E-state index contributed by atoms with van der Waals surface area (Å²) in [7, 11) is 3.06. The molecule has 0 radical (unpaired) electrons. The van der Waals surface area contributed by atoms with Crippen LogP contribution >= 0.6 is 23.6 Å². The van der Waals surface area contributed by atoms with Crippen LogP contribution in [0.25, 0.3) is 20.8 Å². The topological polar surface area (TPSA) is 72.5 Å². The van der Waals surface area contributed by atoms with Gasteiger partial charge in [0.05, 0.1) is 24.4 Å². The molecule has 0 fully saturated rings. The van der Waals surface area contributed by atoms with Gasteiger partial charge in [-0.2, -0.15) is 0 Å². The number of rotatable bonds is 5. The molecule has 1 amide bonds. The second kappa shape index (κ2) is 9.33. The van der Waals surface area contributed by atoms with E-state index in [9.17, 15) is 4.79 Å². The third kappa shape index (κ3) is 4.87. The lowest BCUT2D eigenvalue weighted by Crippen LogP contribution is -2.34. The smallest absolute Gasteiger partial charge is 0.257 e. The quantitative estimate of drug-likeness (QED) is 0.385. The number of carbonyl (C=O) groups is 1. The fourth-order valence-electron chi connectivity index (χ4n) is 3.13. The molecule has 1 heterocycles. The predicted molar refractivity (Wildman–Crippen MR) is 133 cm³/mol. The van der Waals surface area contributed by atoms with Crippen LogP contribution in [0, 0.1) is 6.92 Å². The van der Waals surface area contributed by atoms with Crippen molar-refractivity contribution in [3.05, 3.63) is 71.8 Å². The minimum absolute atomic E-state index is 0.194. The van der Waals surface area contributed by atoms with Gasteiger partial charge in [-0.3, -0.25) is 10.1 Å². The van der Waals surface area contributed by atoms with E-state index in [2.05, 4.69) is 29.7 Å². The maximum Gasteiger partial charge on any atom is 0.257 e. The lowest BCUT2D eigenvalue weighted by atomic mass is 10.2. The van der Waals surface area contributed by atoms with Crippen molar-refractivity contribution in [1.29, 1.82) is 0 Å². The number of amides is 1. The van der Waals surface area contributed by atoms with Gasteiger partial charge >= 0.3 is 0 Å². The number of thiocarbonyl (C=S) groups is 1. The highest BCUT2D eigenvalue weighted by Crippen LogP contribution is 2.31. The maximum absolute atomic E-state index is 12.6. The summed E-state index contributed by atoms with van der Waals surface area (Å²) in [4.78, 5) is 17.3. The van der Waals surface area contributed by atoms with E-state index in [0.29, 0.717) is 17.1 Å². The molecular weight excluding hydrogens is 442 g/mol. The first-order chi connectivity index (χ1) is 15.4. The molecule has 0 saturated heterocycles. The molecule has 0 aliphatic rings. The van der Waals surface area contributed by atoms with Crippen LogP contribution in [-0.2, 0) is 0 Å². The van der Waals surface area contributed by atoms with Crippen LogP contribution in [0.3, 0.4) is 0 Å². The Morgan fingerprint density at radius 1 is 0.969 bits per heavy atom. The Morgan fingerprint density at radius 2 is 1.66 bits per heavy atom. The van der Waals surface area contributed by atoms with Crippen LogP contribution in [0.15, 0.2) is 60.7 Å². The minimum Gasteiger partial charge on any atom is -0.497 e. The third-order valence-corrected chi connectivity index (χ3v) is 6.05. The molecular formula is C24H21N3O3S2. The highest BCUT2D eigenvalue weighted by Gasteiger charge is 2.12. The van der Waals surface area contributed by atoms with Crippen molar-refractivity contribution in [2.45, 2.75) is 6.92 Å². The van der Waals surface area contributed by atoms with Crippen LogP contribution in [0.1, 0.15) is 15.9 Å². The van der Waals surface area contributed by atoms with E-state index in [0.717, 1.165) is 21.8 Å². The molecule has 162 valence electrons. The molecule has 6 nitrogen and oxygen atoms in total. The molecule has 3 aromatic carbocycles. The standard InChI is InChI=1S/C24H21N3O3S2/c1-14-4-9-20-21(10-14)32-23(26-20)15-5-7-17(8-6-15)25-24(31)27-22(28)16-11-18(29-2)13-19(12-16)30-3/h4-13H,1-3H3,(H2,25,27,28,31). The van der Waals surface area contributed by atoms with Gasteiger partial charge in [-0.05, 0) is 73.2 Å². The summed E-state index contributed by atoms with van der Waals surface area (Å²) in [5.74, 6) is 0.684. The van der Waals surface area contributed by atoms with Crippen molar-refractivity contribution in [2.24, 2.45) is 0 Å². The monoisotopic (exact) mass is 463 g/mol. The van der Waals surface area contributed by atoms with E-state index < -0.39 is 0 Å². The van der Waals surface area contributed by atoms with Crippen LogP contribution < -0.4 is 20.1 Å². The minimum atomic E-state index is -0.360. The Balaban J connectivity index is 1.43. The number of carbonyl (C=O) groups excluding carboxylic acids is 1. The van der Waals surface area contributed by atoms with Crippen molar-refractivity contribution in [3.63, 3.8) is 0 Å². The number of anilines is 1. The number of nitrogens with zero attached hydrogens (tertiary/aromatic N) is 1. The fourth-order valence-corrected chi connectivity index (χ4v) is 4.41. The first-order valence-electron chi connectivity index (χ1n) is 9.78. The number of hydrogen-bond acceptors (Lipinski definition) is 6. The van der Waals surface area contributed by atoms with Crippen molar-refractivity contribution >= 4 is 50.5 Å². The number of aryl methyl sites for hydroxylation is 1. The van der Waals surface area contributed by atoms with E-state index in [1.807, 2.05) is 30.3 Å². The second-order valence-electron chi connectivity index (χ2n) is 7.08. The SMILES string of the molecule is COc1cc(OC)cc(C(=O)NC(=S)Nc2ccc(-c3nc4ccc(C)cc4s3)cc2)c1. The van der Waals surface area contributed by atoms with E-state index in [1.54, 1.807) is 29.5 Å². The van der Waals surface area contributed by atoms with Gasteiger partial charge in [-0.15, -0.1) is 11.3 Å². The van der Waals surface area contributed by atoms with Crippen LogP contribution in [0.4, 0.5) is 5.69 Å². The lowest BCUT2D eigenvalue weighted by molar-refractivity contribution is 0.0977. The fraction of sp³-hybridized carbons (Fsp3) is 0.125. The zero-order valence-corrected chi connectivity index (χ0v) is 19.4. The highest BCUT2D eigenvalue weighted by molar-refractivity contribution is 7.80. The number of ether oxygens (including phenoxy) is 2. The van der Waals surface area contributed by atoms with Gasteiger partial charge in [-0.25, -0.2) is 4.98 Å². The number of fused-ring (bicyclic) bond motifs is 1. The van der Waals surface area contributed by atoms with Crippen molar-refractivity contribution in [2.75, 3.05) is 19.5 Å². The first kappa shape index (κ1) is 21.7. The van der Waals surface area contributed by atoms with Gasteiger partial charge in [0.1, 0.15) is 16.5 Å². The average molecular weight is 464 g/mol. The summed E-state index contributed by atoms with van der Waals surface area (Å²) in [6.07, 6.45) is 0. The predicted octanol–water partition coefficient (Wildman–Crippen LogP) is 5.42. The van der Waals surface area contributed by atoms with Crippen molar-refractivity contribution in [1.82, 2.24) is 10.3 Å². The number of nitrogens with one attached hydrogen (secondary N) is 2. The number of benzene rings is 3. The Hall–Kier alpha value is -3.49. The largest absolute Gasteiger partial charge is 0.497 e. The van der Waals surface area contributed by atoms with Crippen molar-refractivity contribution in [3.8, 4) is 22.1 Å².